The van der Waals surface area contributed by atoms with E-state index in [1.165, 1.54) is 5.52 Å². The number of hydrogen-bond acceptors (Lipinski definition) is 1. The second-order valence-corrected chi connectivity index (χ2v) is 5.09. The van der Waals surface area contributed by atoms with Gasteiger partial charge in [0.2, 0.25) is 5.91 Å². The summed E-state index contributed by atoms with van der Waals surface area (Å²) in [6.07, 6.45) is 2.46. The SMILES string of the molecule is Cn1ccc2cc(N3CC(Cl)CC3=O)ccc21. The Bertz CT molecular complexity index is 590. The molecule has 2 aromatic rings. The molecule has 1 atom stereocenters. The Kier molecular flexibility index (Phi) is 2.37. The fourth-order valence-electron chi connectivity index (χ4n) is 2.35. The number of anilines is 1. The standard InChI is InChI=1S/C13H13ClN2O/c1-15-5-4-9-6-11(2-3-12(9)15)16-8-10(14)7-13(16)17/h2-6,10H,7-8H2,1H3. The molecule has 0 saturated carbocycles. The van der Waals surface area contributed by atoms with Crippen molar-refractivity contribution in [2.75, 3.05) is 11.4 Å². The Hall–Kier alpha value is -1.48. The summed E-state index contributed by atoms with van der Waals surface area (Å²) >= 11 is 6.01. The summed E-state index contributed by atoms with van der Waals surface area (Å²) in [5.41, 5.74) is 2.11. The number of carbonyl (C=O) groups is 1. The van der Waals surface area contributed by atoms with E-state index in [1.54, 1.807) is 4.90 Å². The van der Waals surface area contributed by atoms with Crippen molar-refractivity contribution < 1.29 is 4.79 Å². The molecule has 1 amide bonds. The molecule has 0 radical (unpaired) electrons. The number of halogens is 1. The summed E-state index contributed by atoms with van der Waals surface area (Å²) in [5, 5.41) is 1.09. The molecule has 1 aromatic carbocycles. The van der Waals surface area contributed by atoms with Crippen LogP contribution >= 0.6 is 11.6 Å². The normalized spacial score (nSPS) is 20.5. The van der Waals surface area contributed by atoms with E-state index in [0.29, 0.717) is 13.0 Å². The number of fused-ring (bicyclic) bond motifs is 1. The van der Waals surface area contributed by atoms with E-state index >= 15 is 0 Å². The number of benzene rings is 1. The molecule has 17 heavy (non-hydrogen) atoms. The zero-order valence-corrected chi connectivity index (χ0v) is 10.3. The Morgan fingerprint density at radius 3 is 2.88 bits per heavy atom. The molecule has 3 rings (SSSR count). The maximum Gasteiger partial charge on any atom is 0.228 e. The van der Waals surface area contributed by atoms with E-state index in [1.807, 2.05) is 31.4 Å². The maximum atomic E-state index is 11.8. The van der Waals surface area contributed by atoms with Gasteiger partial charge in [-0.15, -0.1) is 11.6 Å². The second-order valence-electron chi connectivity index (χ2n) is 4.48. The van der Waals surface area contributed by atoms with Gasteiger partial charge in [0.1, 0.15) is 0 Å². The lowest BCUT2D eigenvalue weighted by atomic mass is 10.2. The molecule has 0 aliphatic carbocycles. The molecule has 1 aliphatic rings. The molecule has 88 valence electrons. The molecular weight excluding hydrogens is 236 g/mol. The number of amides is 1. The van der Waals surface area contributed by atoms with Gasteiger partial charge in [0.25, 0.3) is 0 Å². The third-order valence-corrected chi connectivity index (χ3v) is 3.55. The molecule has 0 bridgehead atoms. The van der Waals surface area contributed by atoms with Crippen molar-refractivity contribution in [3.05, 3.63) is 30.5 Å². The zero-order valence-electron chi connectivity index (χ0n) is 9.56. The van der Waals surface area contributed by atoms with Crippen LogP contribution in [-0.4, -0.2) is 22.4 Å². The number of aromatic nitrogens is 1. The van der Waals surface area contributed by atoms with E-state index in [9.17, 15) is 4.79 Å². The predicted octanol–water partition coefficient (Wildman–Crippen LogP) is 2.52. The summed E-state index contributed by atoms with van der Waals surface area (Å²) in [6.45, 7) is 0.610. The van der Waals surface area contributed by atoms with Crippen molar-refractivity contribution in [2.24, 2.45) is 7.05 Å². The van der Waals surface area contributed by atoms with Crippen LogP contribution in [0.2, 0.25) is 0 Å². The first-order chi connectivity index (χ1) is 8.15. The minimum absolute atomic E-state index is 0.0611. The molecule has 0 spiro atoms. The maximum absolute atomic E-state index is 11.8. The van der Waals surface area contributed by atoms with E-state index in [-0.39, 0.29) is 11.3 Å². The van der Waals surface area contributed by atoms with Gasteiger partial charge in [-0.2, -0.15) is 0 Å². The minimum Gasteiger partial charge on any atom is -0.351 e. The highest BCUT2D eigenvalue weighted by molar-refractivity contribution is 6.24. The fraction of sp³-hybridized carbons (Fsp3) is 0.308. The van der Waals surface area contributed by atoms with Crippen LogP contribution in [0.15, 0.2) is 30.5 Å². The first-order valence-corrected chi connectivity index (χ1v) is 6.08. The van der Waals surface area contributed by atoms with Crippen LogP contribution in [0.4, 0.5) is 5.69 Å². The van der Waals surface area contributed by atoms with E-state index in [4.69, 9.17) is 11.6 Å². The zero-order chi connectivity index (χ0) is 12.0. The summed E-state index contributed by atoms with van der Waals surface area (Å²) < 4.78 is 2.06. The molecule has 1 saturated heterocycles. The Balaban J connectivity index is 2.03. The Morgan fingerprint density at radius 1 is 1.35 bits per heavy atom. The smallest absolute Gasteiger partial charge is 0.228 e. The van der Waals surface area contributed by atoms with Gasteiger partial charge >= 0.3 is 0 Å². The van der Waals surface area contributed by atoms with Crippen molar-refractivity contribution in [3.63, 3.8) is 0 Å². The molecule has 1 aromatic heterocycles. The van der Waals surface area contributed by atoms with Gasteiger partial charge in [-0.05, 0) is 24.3 Å². The topological polar surface area (TPSA) is 25.2 Å². The summed E-state index contributed by atoms with van der Waals surface area (Å²) in [5.74, 6) is 0.111. The lowest BCUT2D eigenvalue weighted by Crippen LogP contribution is -2.24. The second kappa shape index (κ2) is 3.77. The van der Waals surface area contributed by atoms with Crippen molar-refractivity contribution in [2.45, 2.75) is 11.8 Å². The van der Waals surface area contributed by atoms with Gasteiger partial charge < -0.3 is 9.47 Å². The minimum atomic E-state index is -0.0611. The molecule has 2 heterocycles. The van der Waals surface area contributed by atoms with Crippen LogP contribution < -0.4 is 4.90 Å². The first-order valence-electron chi connectivity index (χ1n) is 5.64. The third-order valence-electron chi connectivity index (χ3n) is 3.26. The molecular formula is C13H13ClN2O. The van der Waals surface area contributed by atoms with Gasteiger partial charge in [0.05, 0.1) is 5.38 Å². The summed E-state index contributed by atoms with van der Waals surface area (Å²) in [4.78, 5) is 13.5. The highest BCUT2D eigenvalue weighted by Gasteiger charge is 2.29. The predicted molar refractivity (Wildman–Crippen MR) is 69.5 cm³/mol. The highest BCUT2D eigenvalue weighted by Crippen LogP contribution is 2.27. The Morgan fingerprint density at radius 2 is 2.18 bits per heavy atom. The Labute approximate surface area is 105 Å². The van der Waals surface area contributed by atoms with Gasteiger partial charge in [-0.3, -0.25) is 4.79 Å². The number of hydrogen-bond donors (Lipinski definition) is 0. The molecule has 1 fully saturated rings. The number of nitrogens with zero attached hydrogens (tertiary/aromatic N) is 2. The number of carbonyl (C=O) groups excluding carboxylic acids is 1. The number of alkyl halides is 1. The van der Waals surface area contributed by atoms with E-state index < -0.39 is 0 Å². The van der Waals surface area contributed by atoms with Crippen molar-refractivity contribution in [1.82, 2.24) is 4.57 Å². The van der Waals surface area contributed by atoms with Crippen LogP contribution in [0.3, 0.4) is 0 Å². The molecule has 3 nitrogen and oxygen atoms in total. The molecule has 0 N–H and O–H groups in total. The third kappa shape index (κ3) is 1.71. The van der Waals surface area contributed by atoms with Gasteiger partial charge in [0, 0.05) is 42.8 Å². The van der Waals surface area contributed by atoms with Crippen molar-refractivity contribution in [3.8, 4) is 0 Å². The van der Waals surface area contributed by atoms with Crippen molar-refractivity contribution >= 4 is 34.1 Å². The van der Waals surface area contributed by atoms with Gasteiger partial charge in [-0.25, -0.2) is 0 Å². The lowest BCUT2D eigenvalue weighted by molar-refractivity contribution is -0.117. The quantitative estimate of drug-likeness (QED) is 0.712. The number of rotatable bonds is 1. The average molecular weight is 249 g/mol. The lowest BCUT2D eigenvalue weighted by Gasteiger charge is -2.16. The molecule has 4 heteroatoms. The van der Waals surface area contributed by atoms with E-state index in [2.05, 4.69) is 10.6 Å². The van der Waals surface area contributed by atoms with Crippen LogP contribution in [0.5, 0.6) is 0 Å². The van der Waals surface area contributed by atoms with Crippen LogP contribution in [0, 0.1) is 0 Å². The monoisotopic (exact) mass is 248 g/mol. The fourth-order valence-corrected chi connectivity index (χ4v) is 2.62. The first kappa shape index (κ1) is 10.7. The van der Waals surface area contributed by atoms with Crippen molar-refractivity contribution in [1.29, 1.82) is 0 Å². The van der Waals surface area contributed by atoms with Crippen LogP contribution in [0.25, 0.3) is 10.9 Å². The van der Waals surface area contributed by atoms with Gasteiger partial charge in [-0.1, -0.05) is 0 Å². The summed E-state index contributed by atoms with van der Waals surface area (Å²) in [7, 11) is 2.01. The van der Waals surface area contributed by atoms with Gasteiger partial charge in [0.15, 0.2) is 0 Å². The van der Waals surface area contributed by atoms with E-state index in [0.717, 1.165) is 11.1 Å². The molecule has 1 unspecified atom stereocenters. The average Bonchev–Trinajstić information content (AvgIpc) is 2.82. The number of aryl methyl sites for hydroxylation is 1. The highest BCUT2D eigenvalue weighted by atomic mass is 35.5. The molecule has 1 aliphatic heterocycles. The largest absolute Gasteiger partial charge is 0.351 e. The van der Waals surface area contributed by atoms with Crippen LogP contribution in [-0.2, 0) is 11.8 Å². The van der Waals surface area contributed by atoms with Crippen LogP contribution in [0.1, 0.15) is 6.42 Å². The summed E-state index contributed by atoms with van der Waals surface area (Å²) in [6, 6.07) is 8.12.